The minimum atomic E-state index is 0. The second-order valence-corrected chi connectivity index (χ2v) is 7.84. The average Bonchev–Trinajstić information content (AvgIpc) is 2.74. The Labute approximate surface area is 180 Å². The Morgan fingerprint density at radius 3 is 1.93 bits per heavy atom. The van der Waals surface area contributed by atoms with E-state index in [1.807, 2.05) is 0 Å². The van der Waals surface area contributed by atoms with Crippen LogP contribution in [0.4, 0.5) is 5.69 Å². The number of benzene rings is 2. The number of pyridine rings is 1. The lowest BCUT2D eigenvalue weighted by Gasteiger charge is -2.34. The van der Waals surface area contributed by atoms with Gasteiger partial charge in [-0.1, -0.05) is 43.3 Å². The number of anilines is 1. The number of piperazine rings is 1. The monoisotopic (exact) mass is 412 g/mol. The van der Waals surface area contributed by atoms with E-state index in [9.17, 15) is 0 Å². The van der Waals surface area contributed by atoms with Crippen molar-refractivity contribution < 1.29 is 0 Å². The summed E-state index contributed by atoms with van der Waals surface area (Å²) in [6, 6.07) is 16.9. The van der Waals surface area contributed by atoms with Gasteiger partial charge < -0.3 is 15.1 Å². The summed E-state index contributed by atoms with van der Waals surface area (Å²) >= 11 is 0. The fourth-order valence-electron chi connectivity index (χ4n) is 4.26. The molecule has 156 valence electrons. The fraction of sp³-hybridized carbons (Fsp3) is 0.458. The molecule has 0 unspecified atom stereocenters. The third-order valence-electron chi connectivity index (χ3n) is 5.80. The number of hydrogen-bond donors (Lipinski definition) is 1. The predicted molar refractivity (Wildman–Crippen MR) is 127 cm³/mol. The Balaban J connectivity index is 0.00000240. The molecule has 29 heavy (non-hydrogen) atoms. The molecular formula is C24H33ClN4. The van der Waals surface area contributed by atoms with Gasteiger partial charge in [-0.25, -0.2) is 4.98 Å². The number of hydrogen-bond acceptors (Lipinski definition) is 4. The molecule has 0 saturated carbocycles. The topological polar surface area (TPSA) is 31.4 Å². The van der Waals surface area contributed by atoms with E-state index in [2.05, 4.69) is 70.6 Å². The van der Waals surface area contributed by atoms with E-state index in [-0.39, 0.29) is 12.4 Å². The molecule has 3 aromatic rings. The first-order valence-corrected chi connectivity index (χ1v) is 10.8. The number of nitrogens with zero attached hydrogens (tertiary/aromatic N) is 3. The quantitative estimate of drug-likeness (QED) is 0.415. The predicted octanol–water partition coefficient (Wildman–Crippen LogP) is 5.03. The van der Waals surface area contributed by atoms with Gasteiger partial charge in [0, 0.05) is 43.5 Å². The molecule has 2 aromatic carbocycles. The van der Waals surface area contributed by atoms with E-state index >= 15 is 0 Å². The maximum absolute atomic E-state index is 4.81. The lowest BCUT2D eigenvalue weighted by Crippen LogP contribution is -2.46. The van der Waals surface area contributed by atoms with Crippen LogP contribution in [0.25, 0.3) is 21.8 Å². The highest BCUT2D eigenvalue weighted by molar-refractivity contribution is 6.07. The Morgan fingerprint density at radius 2 is 1.34 bits per heavy atom. The fourth-order valence-corrected chi connectivity index (χ4v) is 4.26. The van der Waals surface area contributed by atoms with Crippen molar-refractivity contribution in [3.8, 4) is 0 Å². The Hall–Kier alpha value is -1.88. The molecule has 0 spiro atoms. The third kappa shape index (κ3) is 5.39. The number of fused-ring (bicyclic) bond motifs is 2. The van der Waals surface area contributed by atoms with Gasteiger partial charge in [0.1, 0.15) is 0 Å². The summed E-state index contributed by atoms with van der Waals surface area (Å²) in [5.41, 5.74) is 3.36. The van der Waals surface area contributed by atoms with Crippen molar-refractivity contribution in [1.29, 1.82) is 0 Å². The van der Waals surface area contributed by atoms with E-state index in [1.165, 1.54) is 75.0 Å². The van der Waals surface area contributed by atoms with Crippen molar-refractivity contribution >= 4 is 39.9 Å². The van der Waals surface area contributed by atoms with Gasteiger partial charge in [-0.3, -0.25) is 0 Å². The van der Waals surface area contributed by atoms with Crippen LogP contribution in [-0.4, -0.2) is 60.6 Å². The van der Waals surface area contributed by atoms with Gasteiger partial charge in [0.2, 0.25) is 0 Å². The summed E-state index contributed by atoms with van der Waals surface area (Å²) in [6.45, 7) is 10.7. The molecular weight excluding hydrogens is 380 g/mol. The SMILES string of the molecule is CCCN1CCN(CCCCNc2c3ccccc3nc3ccccc23)CC1.Cl. The largest absolute Gasteiger partial charge is 0.384 e. The molecule has 0 amide bonds. The molecule has 0 bridgehead atoms. The third-order valence-corrected chi connectivity index (χ3v) is 5.80. The van der Waals surface area contributed by atoms with Crippen LogP contribution in [0, 0.1) is 0 Å². The molecule has 2 heterocycles. The molecule has 0 atom stereocenters. The van der Waals surface area contributed by atoms with Gasteiger partial charge in [-0.15, -0.1) is 12.4 Å². The highest BCUT2D eigenvalue weighted by atomic mass is 35.5. The van der Waals surface area contributed by atoms with E-state index in [0.717, 1.165) is 17.6 Å². The Morgan fingerprint density at radius 1 is 0.793 bits per heavy atom. The first-order valence-electron chi connectivity index (χ1n) is 10.8. The molecule has 1 aliphatic heterocycles. The average molecular weight is 413 g/mol. The van der Waals surface area contributed by atoms with Gasteiger partial charge in [0.25, 0.3) is 0 Å². The smallest absolute Gasteiger partial charge is 0.0730 e. The number of para-hydroxylation sites is 2. The number of halogens is 1. The van der Waals surface area contributed by atoms with E-state index in [4.69, 9.17) is 4.98 Å². The summed E-state index contributed by atoms with van der Waals surface area (Å²) in [5, 5.41) is 6.16. The zero-order valence-electron chi connectivity index (χ0n) is 17.4. The maximum atomic E-state index is 4.81. The zero-order chi connectivity index (χ0) is 19.2. The van der Waals surface area contributed by atoms with Gasteiger partial charge in [-0.2, -0.15) is 0 Å². The molecule has 1 fully saturated rings. The first kappa shape index (κ1) is 21.8. The molecule has 0 aliphatic carbocycles. The second kappa shape index (κ2) is 10.8. The summed E-state index contributed by atoms with van der Waals surface area (Å²) in [5.74, 6) is 0. The van der Waals surface area contributed by atoms with Crippen molar-refractivity contribution in [2.75, 3.05) is 51.1 Å². The number of rotatable bonds is 8. The summed E-state index contributed by atoms with van der Waals surface area (Å²) in [7, 11) is 0. The molecule has 4 rings (SSSR count). The molecule has 1 aliphatic rings. The molecule has 1 saturated heterocycles. The van der Waals surface area contributed by atoms with Gasteiger partial charge in [0.05, 0.1) is 16.7 Å². The van der Waals surface area contributed by atoms with E-state index in [0.29, 0.717) is 0 Å². The van der Waals surface area contributed by atoms with Crippen LogP contribution in [0.15, 0.2) is 48.5 Å². The molecule has 4 nitrogen and oxygen atoms in total. The van der Waals surface area contributed by atoms with Crippen LogP contribution < -0.4 is 5.32 Å². The lowest BCUT2D eigenvalue weighted by atomic mass is 10.1. The normalized spacial score (nSPS) is 15.5. The highest BCUT2D eigenvalue weighted by Gasteiger charge is 2.15. The minimum Gasteiger partial charge on any atom is -0.384 e. The van der Waals surface area contributed by atoms with E-state index < -0.39 is 0 Å². The van der Waals surface area contributed by atoms with E-state index in [1.54, 1.807) is 0 Å². The van der Waals surface area contributed by atoms with Crippen molar-refractivity contribution in [1.82, 2.24) is 14.8 Å². The van der Waals surface area contributed by atoms with Crippen LogP contribution in [0.3, 0.4) is 0 Å². The van der Waals surface area contributed by atoms with Crippen LogP contribution >= 0.6 is 12.4 Å². The first-order chi connectivity index (χ1) is 13.8. The molecule has 1 aromatic heterocycles. The number of nitrogens with one attached hydrogen (secondary N) is 1. The summed E-state index contributed by atoms with van der Waals surface area (Å²) in [6.07, 6.45) is 3.71. The van der Waals surface area contributed by atoms with Crippen LogP contribution in [-0.2, 0) is 0 Å². The minimum absolute atomic E-state index is 0. The molecule has 1 N–H and O–H groups in total. The summed E-state index contributed by atoms with van der Waals surface area (Å²) < 4.78 is 0. The molecule has 0 radical (unpaired) electrons. The van der Waals surface area contributed by atoms with Crippen molar-refractivity contribution in [2.45, 2.75) is 26.2 Å². The Kier molecular flexibility index (Phi) is 8.10. The van der Waals surface area contributed by atoms with Crippen LogP contribution in [0.1, 0.15) is 26.2 Å². The molecule has 5 heteroatoms. The second-order valence-electron chi connectivity index (χ2n) is 7.84. The van der Waals surface area contributed by atoms with Gasteiger partial charge >= 0.3 is 0 Å². The van der Waals surface area contributed by atoms with Crippen LogP contribution in [0.5, 0.6) is 0 Å². The number of unbranched alkanes of at least 4 members (excludes halogenated alkanes) is 1. The highest BCUT2D eigenvalue weighted by Crippen LogP contribution is 2.30. The standard InChI is InChI=1S/C24H32N4.ClH/c1-2-14-27-16-18-28(19-17-27)15-8-7-13-25-24-20-9-3-5-11-22(20)26-23-12-6-4-10-21(23)24;/h3-6,9-12H,2,7-8,13-19H2,1H3,(H,25,26);1H. The zero-order valence-corrected chi connectivity index (χ0v) is 18.3. The van der Waals surface area contributed by atoms with Gasteiger partial charge in [-0.05, 0) is 44.5 Å². The van der Waals surface area contributed by atoms with Crippen LogP contribution in [0.2, 0.25) is 0 Å². The summed E-state index contributed by atoms with van der Waals surface area (Å²) in [4.78, 5) is 10.0. The van der Waals surface area contributed by atoms with Crippen molar-refractivity contribution in [2.24, 2.45) is 0 Å². The maximum Gasteiger partial charge on any atom is 0.0730 e. The Bertz CT molecular complexity index is 852. The van der Waals surface area contributed by atoms with Crippen molar-refractivity contribution in [3.63, 3.8) is 0 Å². The van der Waals surface area contributed by atoms with Gasteiger partial charge in [0.15, 0.2) is 0 Å². The van der Waals surface area contributed by atoms with Crippen molar-refractivity contribution in [3.05, 3.63) is 48.5 Å². The number of aromatic nitrogens is 1. The lowest BCUT2D eigenvalue weighted by molar-refractivity contribution is 0.131.